The quantitative estimate of drug-likeness (QED) is 0.329. The topological polar surface area (TPSA) is 64.0 Å². The van der Waals surface area contributed by atoms with Gasteiger partial charge in [-0.05, 0) is 0 Å². The monoisotopic (exact) mass is 621 g/mol. The van der Waals surface area contributed by atoms with E-state index in [1.165, 1.54) is 6.07 Å². The third kappa shape index (κ3) is 4.34. The molecule has 0 N–H and O–H groups in total. The van der Waals surface area contributed by atoms with Gasteiger partial charge in [-0.25, -0.2) is 0 Å². The van der Waals surface area contributed by atoms with Crippen molar-refractivity contribution < 1.29 is 23.0 Å². The fourth-order valence-electron chi connectivity index (χ4n) is 5.84. The van der Waals surface area contributed by atoms with E-state index in [-0.39, 0.29) is 45.5 Å². The number of halogens is 2. The minimum atomic E-state index is -0.888. The molecular weight excluding hydrogens is 595 g/mol. The molecule has 3 aliphatic heterocycles. The number of hydrogen-bond donors (Lipinski definition) is 0. The normalized spacial score (nSPS) is 19.5. The van der Waals surface area contributed by atoms with Crippen LogP contribution < -0.4 is 19.6 Å². The van der Waals surface area contributed by atoms with Crippen molar-refractivity contribution >= 4 is 25.3 Å². The Bertz CT molecular complexity index is 1710. The van der Waals surface area contributed by atoms with Gasteiger partial charge < -0.3 is 0 Å². The summed E-state index contributed by atoms with van der Waals surface area (Å²) in [5.74, 6) is -2.12. The molecule has 1 saturated heterocycles. The van der Waals surface area contributed by atoms with Crippen molar-refractivity contribution in [3.8, 4) is 5.75 Å². The number of nitrogens with zero attached hydrogens (tertiary/aromatic N) is 3. The number of carbonyl (C=O) groups excluding carboxylic acids is 1. The zero-order valence-electron chi connectivity index (χ0n) is 21.8. The van der Waals surface area contributed by atoms with Crippen LogP contribution in [0.3, 0.4) is 0 Å². The Labute approximate surface area is 241 Å². The summed E-state index contributed by atoms with van der Waals surface area (Å²) in [6.45, 7) is 0.966. The molecule has 1 fully saturated rings. The maximum absolute atomic E-state index is 15.4. The average Bonchev–Trinajstić information content (AvgIpc) is 3.17. The van der Waals surface area contributed by atoms with E-state index in [1.807, 2.05) is 59.6 Å². The molecule has 0 radical (unpaired) electrons. The molecule has 0 bridgehead atoms. The summed E-state index contributed by atoms with van der Waals surface area (Å²) >= 11 is -0.153. The summed E-state index contributed by atoms with van der Waals surface area (Å²) in [7, 11) is 0. The van der Waals surface area contributed by atoms with Crippen LogP contribution in [0, 0.1) is 11.6 Å². The zero-order chi connectivity index (χ0) is 28.1. The van der Waals surface area contributed by atoms with Crippen LogP contribution in [0.25, 0.3) is 0 Å². The van der Waals surface area contributed by atoms with Crippen LogP contribution >= 0.6 is 0 Å². The van der Waals surface area contributed by atoms with Crippen molar-refractivity contribution in [3.05, 3.63) is 129 Å². The molecule has 41 heavy (non-hydrogen) atoms. The number of pyridine rings is 1. The van der Waals surface area contributed by atoms with Crippen LogP contribution in [0.15, 0.2) is 83.8 Å². The van der Waals surface area contributed by atoms with E-state index >= 15 is 4.39 Å². The van der Waals surface area contributed by atoms with Gasteiger partial charge in [0.05, 0.1) is 0 Å². The van der Waals surface area contributed by atoms with Gasteiger partial charge in [0.2, 0.25) is 0 Å². The van der Waals surface area contributed by atoms with E-state index in [4.69, 9.17) is 9.47 Å². The molecule has 3 aliphatic rings. The van der Waals surface area contributed by atoms with Gasteiger partial charge in [0.1, 0.15) is 0 Å². The Hall–Kier alpha value is -3.98. The van der Waals surface area contributed by atoms with Crippen LogP contribution in [0.5, 0.6) is 5.75 Å². The molecule has 2 unspecified atom stereocenters. The molecule has 10 heteroatoms. The number of benzene rings is 3. The second kappa shape index (κ2) is 10.4. The second-order valence-corrected chi connectivity index (χ2v) is 12.2. The minimum absolute atomic E-state index is 0.0482. The third-order valence-corrected chi connectivity index (χ3v) is 10.1. The summed E-state index contributed by atoms with van der Waals surface area (Å²) in [6.07, 6.45) is 1.01. The summed E-state index contributed by atoms with van der Waals surface area (Å²) < 4.78 is 44.5. The fraction of sp³-hybridized carbons (Fsp3) is 0.226. The van der Waals surface area contributed by atoms with Gasteiger partial charge >= 0.3 is 235 Å². The molecule has 1 aromatic heterocycles. The average molecular weight is 621 g/mol. The van der Waals surface area contributed by atoms with Crippen LogP contribution in [0.2, 0.25) is 0 Å². The molecule has 4 aromatic rings. The van der Waals surface area contributed by atoms with Crippen molar-refractivity contribution in [2.24, 2.45) is 0 Å². The fourth-order valence-corrected chi connectivity index (χ4v) is 8.18. The van der Waals surface area contributed by atoms with Crippen molar-refractivity contribution in [3.63, 3.8) is 0 Å². The van der Waals surface area contributed by atoms with E-state index in [0.29, 0.717) is 29.6 Å². The van der Waals surface area contributed by atoms with Gasteiger partial charge in [0.15, 0.2) is 0 Å². The van der Waals surface area contributed by atoms with Gasteiger partial charge in [-0.15, -0.1) is 0 Å². The van der Waals surface area contributed by atoms with E-state index in [9.17, 15) is 14.0 Å². The molecule has 4 heterocycles. The molecule has 7 nitrogen and oxygen atoms in total. The first-order valence-electron chi connectivity index (χ1n) is 13.3. The van der Waals surface area contributed by atoms with E-state index in [1.54, 1.807) is 21.8 Å². The summed E-state index contributed by atoms with van der Waals surface area (Å²) in [5, 5.41) is 2.35. The number of fused-ring (bicyclic) bond motifs is 4. The first-order chi connectivity index (χ1) is 20.0. The van der Waals surface area contributed by atoms with Crippen LogP contribution in [0.4, 0.5) is 8.78 Å². The Morgan fingerprint density at radius 3 is 2.61 bits per heavy atom. The number of ether oxygens (including phenoxy) is 2. The van der Waals surface area contributed by atoms with Crippen molar-refractivity contribution in [2.75, 3.05) is 24.8 Å². The van der Waals surface area contributed by atoms with Crippen molar-refractivity contribution in [2.45, 2.75) is 24.1 Å². The van der Waals surface area contributed by atoms with E-state index < -0.39 is 29.3 Å². The number of aromatic nitrogens is 1. The first kappa shape index (κ1) is 26.0. The Morgan fingerprint density at radius 2 is 1.76 bits per heavy atom. The van der Waals surface area contributed by atoms with Crippen molar-refractivity contribution in [1.82, 2.24) is 9.58 Å². The van der Waals surface area contributed by atoms with Gasteiger partial charge in [0.25, 0.3) is 0 Å². The van der Waals surface area contributed by atoms with E-state index in [0.717, 1.165) is 21.7 Å². The Morgan fingerprint density at radius 1 is 0.951 bits per heavy atom. The van der Waals surface area contributed by atoms with Gasteiger partial charge in [-0.2, -0.15) is 0 Å². The number of morpholine rings is 1. The zero-order valence-corrected chi connectivity index (χ0v) is 23.5. The summed E-state index contributed by atoms with van der Waals surface area (Å²) in [5.41, 5.74) is 2.42. The number of carbonyl (C=O) groups is 1. The van der Waals surface area contributed by atoms with Gasteiger partial charge in [0, 0.05) is 0 Å². The molecule has 3 aromatic carbocycles. The van der Waals surface area contributed by atoms with Crippen LogP contribution in [-0.2, 0) is 16.7 Å². The molecule has 7 rings (SSSR count). The molecule has 208 valence electrons. The number of hydrogen-bond acceptors (Lipinski definition) is 5. The molecular formula is C31H25F2N3O4Se. The van der Waals surface area contributed by atoms with Crippen LogP contribution in [0.1, 0.15) is 38.8 Å². The number of rotatable bonds is 4. The molecule has 2 atom stereocenters. The summed E-state index contributed by atoms with van der Waals surface area (Å²) in [6, 6.07) is 20.9. The number of amides is 1. The molecule has 0 spiro atoms. The first-order valence-corrected chi connectivity index (χ1v) is 15.4. The molecule has 0 saturated carbocycles. The predicted octanol–water partition coefficient (Wildman–Crippen LogP) is 3.09. The second-order valence-electron chi connectivity index (χ2n) is 10.1. The van der Waals surface area contributed by atoms with Crippen LogP contribution in [-0.4, -0.2) is 56.4 Å². The predicted molar refractivity (Wildman–Crippen MR) is 149 cm³/mol. The maximum atomic E-state index is 15.4. The SMILES string of the molecule is O=C1c2c(OCc3ccccc3)c(=O)ccn2N(C2c3ccccc3[Se]Cc3c2ccc(F)c3F)C2COCCN12. The standard InChI is InChI=1S/C31H25F2N3O4Se/c32-23-11-10-20-22(27(23)33)18-41-25-9-5-4-8-21(25)28(20)36-26-17-39-15-14-34(26)31(38)29-30(24(37)12-13-35(29)36)40-16-19-6-2-1-3-7-19/h1-13,26,28H,14-18H2. The van der Waals surface area contributed by atoms with E-state index in [2.05, 4.69) is 0 Å². The third-order valence-electron chi connectivity index (χ3n) is 7.76. The van der Waals surface area contributed by atoms with Gasteiger partial charge in [-0.1, -0.05) is 6.07 Å². The Kier molecular flexibility index (Phi) is 6.61. The summed E-state index contributed by atoms with van der Waals surface area (Å²) in [4.78, 5) is 28.9. The molecule has 0 aliphatic carbocycles. The van der Waals surface area contributed by atoms with Crippen molar-refractivity contribution in [1.29, 1.82) is 0 Å². The Balaban J connectivity index is 1.45. The molecule has 1 amide bonds. The van der Waals surface area contributed by atoms with Gasteiger partial charge in [-0.3, -0.25) is 0 Å².